The van der Waals surface area contributed by atoms with E-state index >= 15 is 0 Å². The summed E-state index contributed by atoms with van der Waals surface area (Å²) in [6.07, 6.45) is 5.01. The van der Waals surface area contributed by atoms with Gasteiger partial charge in [0.25, 0.3) is 0 Å². The molecular weight excluding hydrogens is 304 g/mol. The zero-order valence-electron chi connectivity index (χ0n) is 10.9. The van der Waals surface area contributed by atoms with Gasteiger partial charge >= 0.3 is 0 Å². The maximum absolute atomic E-state index is 5.72. The summed E-state index contributed by atoms with van der Waals surface area (Å²) in [7, 11) is 0. The SMILES string of the molecule is CCCCc1ccc(Nc2ncnc(N)c2Br)cc1. The molecule has 2 aromatic rings. The van der Waals surface area contributed by atoms with Crippen LogP contribution in [0.25, 0.3) is 0 Å². The topological polar surface area (TPSA) is 63.8 Å². The molecule has 4 nitrogen and oxygen atoms in total. The van der Waals surface area contributed by atoms with Gasteiger partial charge in [0.05, 0.1) is 0 Å². The van der Waals surface area contributed by atoms with Crippen molar-refractivity contribution in [2.45, 2.75) is 26.2 Å². The van der Waals surface area contributed by atoms with E-state index in [1.807, 2.05) is 0 Å². The van der Waals surface area contributed by atoms with Crippen molar-refractivity contribution in [3.63, 3.8) is 0 Å². The molecule has 100 valence electrons. The summed E-state index contributed by atoms with van der Waals surface area (Å²) in [6, 6.07) is 8.37. The molecule has 1 aromatic carbocycles. The smallest absolute Gasteiger partial charge is 0.150 e. The van der Waals surface area contributed by atoms with Crippen LogP contribution in [0.1, 0.15) is 25.3 Å². The van der Waals surface area contributed by atoms with E-state index in [2.05, 4.69) is 62.4 Å². The van der Waals surface area contributed by atoms with E-state index in [1.165, 1.54) is 24.7 Å². The number of benzene rings is 1. The third-order valence-corrected chi connectivity index (χ3v) is 3.63. The molecule has 5 heteroatoms. The Morgan fingerprint density at radius 3 is 2.63 bits per heavy atom. The number of anilines is 3. The quantitative estimate of drug-likeness (QED) is 0.876. The van der Waals surface area contributed by atoms with Crippen LogP contribution in [0.3, 0.4) is 0 Å². The first-order valence-corrected chi connectivity index (χ1v) is 7.12. The molecule has 0 aliphatic rings. The van der Waals surface area contributed by atoms with Crippen molar-refractivity contribution in [2.24, 2.45) is 0 Å². The van der Waals surface area contributed by atoms with Crippen molar-refractivity contribution in [1.29, 1.82) is 0 Å². The first kappa shape index (κ1) is 13.8. The molecule has 2 rings (SSSR count). The minimum Gasteiger partial charge on any atom is -0.383 e. The molecular formula is C14H17BrN4. The van der Waals surface area contributed by atoms with Crippen LogP contribution in [-0.4, -0.2) is 9.97 Å². The molecule has 0 radical (unpaired) electrons. The number of nitrogens with two attached hydrogens (primary N) is 1. The van der Waals surface area contributed by atoms with E-state index < -0.39 is 0 Å². The van der Waals surface area contributed by atoms with Crippen LogP contribution in [-0.2, 0) is 6.42 Å². The van der Waals surface area contributed by atoms with E-state index in [1.54, 1.807) is 0 Å². The Kier molecular flexibility index (Phi) is 4.74. The Hall–Kier alpha value is -1.62. The fourth-order valence-corrected chi connectivity index (χ4v) is 2.05. The molecule has 3 N–H and O–H groups in total. The number of aromatic nitrogens is 2. The average molecular weight is 321 g/mol. The van der Waals surface area contributed by atoms with Gasteiger partial charge in [-0.2, -0.15) is 0 Å². The predicted molar refractivity (Wildman–Crippen MR) is 82.5 cm³/mol. The first-order chi connectivity index (χ1) is 9.20. The van der Waals surface area contributed by atoms with Crippen molar-refractivity contribution in [3.05, 3.63) is 40.6 Å². The van der Waals surface area contributed by atoms with E-state index in [-0.39, 0.29) is 0 Å². The van der Waals surface area contributed by atoms with Gasteiger partial charge in [0.2, 0.25) is 0 Å². The van der Waals surface area contributed by atoms with Crippen LogP contribution in [0.4, 0.5) is 17.3 Å². The van der Waals surface area contributed by atoms with Crippen LogP contribution < -0.4 is 11.1 Å². The minimum absolute atomic E-state index is 0.428. The predicted octanol–water partition coefficient (Wildman–Crippen LogP) is 3.91. The molecule has 0 atom stereocenters. The summed E-state index contributed by atoms with van der Waals surface area (Å²) in [5.74, 6) is 1.10. The van der Waals surface area contributed by atoms with Gasteiger partial charge in [0.15, 0.2) is 0 Å². The second kappa shape index (κ2) is 6.52. The van der Waals surface area contributed by atoms with E-state index in [4.69, 9.17) is 5.73 Å². The standard InChI is InChI=1S/C14H17BrN4/c1-2-3-4-10-5-7-11(8-6-10)19-14-12(15)13(16)17-9-18-14/h5-9H,2-4H2,1H3,(H3,16,17,18,19). The number of nitrogens with one attached hydrogen (secondary N) is 1. The third-order valence-electron chi connectivity index (χ3n) is 2.85. The summed E-state index contributed by atoms with van der Waals surface area (Å²) in [4.78, 5) is 8.07. The van der Waals surface area contributed by atoms with Crippen molar-refractivity contribution < 1.29 is 0 Å². The second-order valence-electron chi connectivity index (χ2n) is 4.35. The number of hydrogen-bond acceptors (Lipinski definition) is 4. The van der Waals surface area contributed by atoms with Crippen molar-refractivity contribution >= 4 is 33.3 Å². The number of nitrogen functional groups attached to an aromatic ring is 1. The lowest BCUT2D eigenvalue weighted by molar-refractivity contribution is 0.795. The molecule has 19 heavy (non-hydrogen) atoms. The van der Waals surface area contributed by atoms with Gasteiger partial charge in [-0.15, -0.1) is 0 Å². The Balaban J connectivity index is 2.09. The molecule has 0 amide bonds. The maximum Gasteiger partial charge on any atom is 0.150 e. The van der Waals surface area contributed by atoms with Crippen LogP contribution >= 0.6 is 15.9 Å². The Morgan fingerprint density at radius 1 is 1.21 bits per heavy atom. The summed E-state index contributed by atoms with van der Waals surface area (Å²) in [5, 5.41) is 3.22. The first-order valence-electron chi connectivity index (χ1n) is 6.32. The Bertz CT molecular complexity index is 540. The van der Waals surface area contributed by atoms with Gasteiger partial charge in [-0.25, -0.2) is 9.97 Å². The molecule has 0 aliphatic carbocycles. The number of hydrogen-bond donors (Lipinski definition) is 2. The fraction of sp³-hybridized carbons (Fsp3) is 0.286. The molecule has 1 aromatic heterocycles. The lowest BCUT2D eigenvalue weighted by Gasteiger charge is -2.09. The Labute approximate surface area is 121 Å². The number of rotatable bonds is 5. The molecule has 0 bridgehead atoms. The average Bonchev–Trinajstić information content (AvgIpc) is 2.43. The number of unbranched alkanes of at least 4 members (excludes halogenated alkanes) is 1. The van der Waals surface area contributed by atoms with Crippen LogP contribution in [0, 0.1) is 0 Å². The van der Waals surface area contributed by atoms with Crippen molar-refractivity contribution in [1.82, 2.24) is 9.97 Å². The summed E-state index contributed by atoms with van der Waals surface area (Å²) >= 11 is 3.37. The zero-order chi connectivity index (χ0) is 13.7. The lowest BCUT2D eigenvalue weighted by atomic mass is 10.1. The fourth-order valence-electron chi connectivity index (χ4n) is 1.74. The normalized spacial score (nSPS) is 10.4. The number of nitrogens with zero attached hydrogens (tertiary/aromatic N) is 2. The minimum atomic E-state index is 0.428. The van der Waals surface area contributed by atoms with Gasteiger partial charge in [-0.05, 0) is 46.5 Å². The van der Waals surface area contributed by atoms with Crippen LogP contribution in [0.2, 0.25) is 0 Å². The van der Waals surface area contributed by atoms with Crippen molar-refractivity contribution in [2.75, 3.05) is 11.1 Å². The molecule has 0 saturated carbocycles. The second-order valence-corrected chi connectivity index (χ2v) is 5.14. The van der Waals surface area contributed by atoms with Crippen molar-refractivity contribution in [3.8, 4) is 0 Å². The highest BCUT2D eigenvalue weighted by molar-refractivity contribution is 9.10. The van der Waals surface area contributed by atoms with Gasteiger partial charge in [0, 0.05) is 5.69 Å². The van der Waals surface area contributed by atoms with Gasteiger partial charge in [0.1, 0.15) is 22.4 Å². The summed E-state index contributed by atoms with van der Waals surface area (Å²) in [6.45, 7) is 2.20. The van der Waals surface area contributed by atoms with E-state index in [9.17, 15) is 0 Å². The number of aryl methyl sites for hydroxylation is 1. The molecule has 0 spiro atoms. The summed E-state index contributed by atoms with van der Waals surface area (Å²) in [5.41, 5.74) is 8.06. The highest BCUT2D eigenvalue weighted by Crippen LogP contribution is 2.27. The maximum atomic E-state index is 5.72. The molecule has 0 fully saturated rings. The van der Waals surface area contributed by atoms with Gasteiger partial charge in [-0.1, -0.05) is 25.5 Å². The van der Waals surface area contributed by atoms with Crippen LogP contribution in [0.15, 0.2) is 35.1 Å². The molecule has 1 heterocycles. The molecule has 0 unspecified atom stereocenters. The van der Waals surface area contributed by atoms with E-state index in [0.29, 0.717) is 16.1 Å². The summed E-state index contributed by atoms with van der Waals surface area (Å²) < 4.78 is 0.685. The largest absolute Gasteiger partial charge is 0.383 e. The zero-order valence-corrected chi connectivity index (χ0v) is 12.4. The number of halogens is 1. The van der Waals surface area contributed by atoms with Gasteiger partial charge < -0.3 is 11.1 Å². The molecule has 0 saturated heterocycles. The molecule has 0 aliphatic heterocycles. The monoisotopic (exact) mass is 320 g/mol. The highest BCUT2D eigenvalue weighted by atomic mass is 79.9. The Morgan fingerprint density at radius 2 is 1.95 bits per heavy atom. The van der Waals surface area contributed by atoms with Crippen LogP contribution in [0.5, 0.6) is 0 Å². The lowest BCUT2D eigenvalue weighted by Crippen LogP contribution is -1.99. The highest BCUT2D eigenvalue weighted by Gasteiger charge is 2.05. The van der Waals surface area contributed by atoms with Gasteiger partial charge in [-0.3, -0.25) is 0 Å². The van der Waals surface area contributed by atoms with E-state index in [0.717, 1.165) is 12.1 Å². The third kappa shape index (κ3) is 3.67.